The Kier molecular flexibility index (Phi) is 7.13. The molecule has 4 aromatic carbocycles. The van der Waals surface area contributed by atoms with Gasteiger partial charge in [0, 0.05) is 22.3 Å². The van der Waals surface area contributed by atoms with Crippen molar-refractivity contribution in [2.45, 2.75) is 23.9 Å². The molecule has 0 amide bonds. The van der Waals surface area contributed by atoms with Crippen LogP contribution in [0.3, 0.4) is 0 Å². The molecule has 0 radical (unpaired) electrons. The topological polar surface area (TPSA) is 46.2 Å². The summed E-state index contributed by atoms with van der Waals surface area (Å²) in [7, 11) is -3.38. The van der Waals surface area contributed by atoms with E-state index in [0.29, 0.717) is 4.90 Å². The highest BCUT2D eigenvalue weighted by atomic mass is 79.9. The predicted octanol–water partition coefficient (Wildman–Crippen LogP) is 6.96. The molecule has 5 heteroatoms. The molecule has 4 aromatic rings. The highest BCUT2D eigenvalue weighted by Gasteiger charge is 2.23. The molecule has 0 saturated heterocycles. The molecule has 33 heavy (non-hydrogen) atoms. The lowest BCUT2D eigenvalue weighted by atomic mass is 9.90. The highest BCUT2D eigenvalue weighted by Crippen LogP contribution is 2.36. The molecule has 168 valence electrons. The fraction of sp³-hybridized carbons (Fsp3) is 0.143. The van der Waals surface area contributed by atoms with Gasteiger partial charge < -0.3 is 0 Å². The molecule has 0 aromatic heterocycles. The zero-order valence-corrected chi connectivity index (χ0v) is 21.0. The van der Waals surface area contributed by atoms with Crippen LogP contribution < -0.4 is 5.32 Å². The standard InChI is InChI=1S/C28H26BrNO2S/c1-20(21-16-18-23(29)19-17-21)30-28(22-10-4-3-5-11-22)26-14-7-6-12-24(26)25-13-8-9-15-27(25)33(2,31)32/h3-20,28,30H,1-2H3. The van der Waals surface area contributed by atoms with Crippen molar-refractivity contribution in [2.75, 3.05) is 6.26 Å². The van der Waals surface area contributed by atoms with E-state index < -0.39 is 9.84 Å². The second kappa shape index (κ2) is 10.0. The first-order valence-electron chi connectivity index (χ1n) is 10.8. The second-order valence-electron chi connectivity index (χ2n) is 8.14. The third-order valence-corrected chi connectivity index (χ3v) is 7.45. The van der Waals surface area contributed by atoms with E-state index in [9.17, 15) is 8.42 Å². The van der Waals surface area contributed by atoms with Gasteiger partial charge in [-0.2, -0.15) is 0 Å². The molecule has 1 N–H and O–H groups in total. The van der Waals surface area contributed by atoms with Crippen LogP contribution >= 0.6 is 15.9 Å². The Labute approximate surface area is 204 Å². The van der Waals surface area contributed by atoms with Crippen molar-refractivity contribution in [2.24, 2.45) is 0 Å². The number of hydrogen-bond donors (Lipinski definition) is 1. The third kappa shape index (κ3) is 5.44. The van der Waals surface area contributed by atoms with Gasteiger partial charge in [0.1, 0.15) is 0 Å². The van der Waals surface area contributed by atoms with Crippen molar-refractivity contribution >= 4 is 25.8 Å². The van der Waals surface area contributed by atoms with Crippen LogP contribution in [0.1, 0.15) is 35.7 Å². The van der Waals surface area contributed by atoms with Crippen LogP contribution in [-0.4, -0.2) is 14.7 Å². The summed E-state index contributed by atoms with van der Waals surface area (Å²) in [6, 6.07) is 33.8. The van der Waals surface area contributed by atoms with E-state index in [1.807, 2.05) is 60.7 Å². The Morgan fingerprint density at radius 2 is 1.27 bits per heavy atom. The van der Waals surface area contributed by atoms with E-state index in [2.05, 4.69) is 58.5 Å². The van der Waals surface area contributed by atoms with Crippen LogP contribution in [-0.2, 0) is 9.84 Å². The van der Waals surface area contributed by atoms with E-state index in [4.69, 9.17) is 0 Å². The second-order valence-corrected chi connectivity index (χ2v) is 11.0. The maximum absolute atomic E-state index is 12.5. The highest BCUT2D eigenvalue weighted by molar-refractivity contribution is 9.10. The quantitative estimate of drug-likeness (QED) is 0.287. The lowest BCUT2D eigenvalue weighted by Gasteiger charge is -2.27. The maximum atomic E-state index is 12.5. The first-order chi connectivity index (χ1) is 15.8. The van der Waals surface area contributed by atoms with Gasteiger partial charge in [0.05, 0.1) is 10.9 Å². The number of rotatable bonds is 7. The Morgan fingerprint density at radius 1 is 0.697 bits per heavy atom. The predicted molar refractivity (Wildman–Crippen MR) is 139 cm³/mol. The maximum Gasteiger partial charge on any atom is 0.176 e. The molecule has 2 unspecified atom stereocenters. The van der Waals surface area contributed by atoms with Crippen LogP contribution in [0.4, 0.5) is 0 Å². The molecule has 0 spiro atoms. The third-order valence-electron chi connectivity index (χ3n) is 5.77. The van der Waals surface area contributed by atoms with Crippen LogP contribution in [0.2, 0.25) is 0 Å². The van der Waals surface area contributed by atoms with Gasteiger partial charge in [-0.15, -0.1) is 0 Å². The molecule has 3 nitrogen and oxygen atoms in total. The summed E-state index contributed by atoms with van der Waals surface area (Å²) in [6.07, 6.45) is 1.26. The summed E-state index contributed by atoms with van der Waals surface area (Å²) in [6.45, 7) is 2.15. The Bertz CT molecular complexity index is 1340. The zero-order chi connectivity index (χ0) is 23.4. The minimum atomic E-state index is -3.38. The molecular formula is C28H26BrNO2S. The molecule has 4 rings (SSSR count). The molecule has 0 bridgehead atoms. The van der Waals surface area contributed by atoms with Crippen LogP contribution in [0, 0.1) is 0 Å². The molecule has 0 saturated carbocycles. The summed E-state index contributed by atoms with van der Waals surface area (Å²) in [5.41, 5.74) is 4.94. The van der Waals surface area contributed by atoms with Crippen molar-refractivity contribution < 1.29 is 8.42 Å². The number of nitrogens with one attached hydrogen (secondary N) is 1. The minimum Gasteiger partial charge on any atom is -0.300 e. The largest absolute Gasteiger partial charge is 0.300 e. The van der Waals surface area contributed by atoms with Crippen molar-refractivity contribution in [3.05, 3.63) is 124 Å². The summed E-state index contributed by atoms with van der Waals surface area (Å²) in [4.78, 5) is 0.338. The van der Waals surface area contributed by atoms with Gasteiger partial charge in [0.25, 0.3) is 0 Å². The number of hydrogen-bond acceptors (Lipinski definition) is 3. The van der Waals surface area contributed by atoms with E-state index in [-0.39, 0.29) is 12.1 Å². The van der Waals surface area contributed by atoms with Gasteiger partial charge in [-0.25, -0.2) is 8.42 Å². The van der Waals surface area contributed by atoms with E-state index in [0.717, 1.165) is 26.7 Å². The van der Waals surface area contributed by atoms with E-state index in [1.54, 1.807) is 12.1 Å². The number of halogens is 1. The van der Waals surface area contributed by atoms with Gasteiger partial charge in [-0.05, 0) is 47.4 Å². The molecule has 0 fully saturated rings. The smallest absolute Gasteiger partial charge is 0.176 e. The fourth-order valence-electron chi connectivity index (χ4n) is 4.12. The van der Waals surface area contributed by atoms with E-state index >= 15 is 0 Å². The first kappa shape index (κ1) is 23.4. The lowest BCUT2D eigenvalue weighted by Crippen LogP contribution is -2.26. The average Bonchev–Trinajstić information content (AvgIpc) is 2.83. The number of sulfone groups is 1. The van der Waals surface area contributed by atoms with E-state index in [1.165, 1.54) is 11.8 Å². The van der Waals surface area contributed by atoms with Crippen LogP contribution in [0.15, 0.2) is 112 Å². The fourth-order valence-corrected chi connectivity index (χ4v) is 5.28. The zero-order valence-electron chi connectivity index (χ0n) is 18.6. The summed E-state index contributed by atoms with van der Waals surface area (Å²) in [5, 5.41) is 3.79. The molecule has 2 atom stereocenters. The van der Waals surface area contributed by atoms with Crippen molar-refractivity contribution in [3.63, 3.8) is 0 Å². The molecule has 0 heterocycles. The monoisotopic (exact) mass is 519 g/mol. The van der Waals surface area contributed by atoms with Gasteiger partial charge in [-0.1, -0.05) is 101 Å². The minimum absolute atomic E-state index is 0.0708. The van der Waals surface area contributed by atoms with Crippen molar-refractivity contribution in [1.82, 2.24) is 5.32 Å². The first-order valence-corrected chi connectivity index (χ1v) is 13.5. The number of benzene rings is 4. The van der Waals surface area contributed by atoms with Crippen LogP contribution in [0.5, 0.6) is 0 Å². The molecular weight excluding hydrogens is 494 g/mol. The van der Waals surface area contributed by atoms with Gasteiger partial charge in [0.2, 0.25) is 0 Å². The van der Waals surface area contributed by atoms with Gasteiger partial charge in [-0.3, -0.25) is 5.32 Å². The molecule has 0 aliphatic heterocycles. The lowest BCUT2D eigenvalue weighted by molar-refractivity contribution is 0.517. The molecule has 0 aliphatic carbocycles. The average molecular weight is 520 g/mol. The Morgan fingerprint density at radius 3 is 1.94 bits per heavy atom. The van der Waals surface area contributed by atoms with Gasteiger partial charge in [0.15, 0.2) is 9.84 Å². The summed E-state index contributed by atoms with van der Waals surface area (Å²) >= 11 is 3.51. The van der Waals surface area contributed by atoms with Crippen molar-refractivity contribution in [3.8, 4) is 11.1 Å². The summed E-state index contributed by atoms with van der Waals surface area (Å²) in [5.74, 6) is 0. The summed E-state index contributed by atoms with van der Waals surface area (Å²) < 4.78 is 26.1. The van der Waals surface area contributed by atoms with Crippen molar-refractivity contribution in [1.29, 1.82) is 0 Å². The SMILES string of the molecule is CC(NC(c1ccccc1)c1ccccc1-c1ccccc1S(C)(=O)=O)c1ccc(Br)cc1. The van der Waals surface area contributed by atoms with Gasteiger partial charge >= 0.3 is 0 Å². The molecule has 0 aliphatic rings. The Balaban J connectivity index is 1.84. The Hall–Kier alpha value is -2.73. The normalized spacial score (nSPS) is 13.4. The van der Waals surface area contributed by atoms with Crippen LogP contribution in [0.25, 0.3) is 11.1 Å².